The van der Waals surface area contributed by atoms with E-state index in [0.717, 1.165) is 25.9 Å². The number of fused-ring (bicyclic) bond motifs is 2. The zero-order valence-corrected chi connectivity index (χ0v) is 11.1. The van der Waals surface area contributed by atoms with Gasteiger partial charge in [0, 0.05) is 13.1 Å². The van der Waals surface area contributed by atoms with E-state index in [2.05, 4.69) is 34.1 Å². The minimum absolute atomic E-state index is 0.0669. The number of nitrogens with zero attached hydrogens (tertiary/aromatic N) is 2. The standard InChI is InChI=1S/C15H16N2O3/c18-13-10-19-14(16-13)17-7-5-15(6-8-17)12-4-2-1-3-11(12)9-20-15/h1-4,10,18H,5-9H2. The number of anilines is 1. The van der Waals surface area contributed by atoms with Crippen molar-refractivity contribution in [3.63, 3.8) is 0 Å². The van der Waals surface area contributed by atoms with Crippen molar-refractivity contribution in [2.75, 3.05) is 18.0 Å². The molecule has 2 aromatic rings. The fraction of sp³-hybridized carbons (Fsp3) is 0.400. The van der Waals surface area contributed by atoms with Gasteiger partial charge in [-0.2, -0.15) is 4.98 Å². The Bertz CT molecular complexity index is 630. The Morgan fingerprint density at radius 2 is 2.00 bits per heavy atom. The van der Waals surface area contributed by atoms with Crippen LogP contribution in [0.1, 0.15) is 24.0 Å². The van der Waals surface area contributed by atoms with Crippen LogP contribution in [0, 0.1) is 0 Å². The van der Waals surface area contributed by atoms with Crippen LogP contribution >= 0.6 is 0 Å². The molecule has 2 aliphatic heterocycles. The summed E-state index contributed by atoms with van der Waals surface area (Å²) in [4.78, 5) is 6.02. The van der Waals surface area contributed by atoms with E-state index in [1.807, 2.05) is 0 Å². The number of oxazole rings is 1. The largest absolute Gasteiger partial charge is 0.491 e. The van der Waals surface area contributed by atoms with E-state index in [0.29, 0.717) is 12.6 Å². The number of hydrogen-bond acceptors (Lipinski definition) is 5. The summed E-state index contributed by atoms with van der Waals surface area (Å²) >= 11 is 0. The summed E-state index contributed by atoms with van der Waals surface area (Å²) in [5.41, 5.74) is 2.48. The van der Waals surface area contributed by atoms with Crippen molar-refractivity contribution < 1.29 is 14.3 Å². The van der Waals surface area contributed by atoms with Crippen molar-refractivity contribution >= 4 is 6.01 Å². The fourth-order valence-electron chi connectivity index (χ4n) is 3.26. The van der Waals surface area contributed by atoms with Gasteiger partial charge in [-0.1, -0.05) is 24.3 Å². The lowest BCUT2D eigenvalue weighted by molar-refractivity contribution is -0.0555. The number of rotatable bonds is 1. The Labute approximate surface area is 116 Å². The molecule has 0 saturated carbocycles. The SMILES string of the molecule is Oc1coc(N2CCC3(CC2)OCc2ccccc23)n1. The van der Waals surface area contributed by atoms with Crippen LogP contribution in [0.3, 0.4) is 0 Å². The van der Waals surface area contributed by atoms with Crippen molar-refractivity contribution in [3.8, 4) is 5.88 Å². The molecule has 0 unspecified atom stereocenters. The Hall–Kier alpha value is -2.01. The molecule has 0 bridgehead atoms. The lowest BCUT2D eigenvalue weighted by Crippen LogP contribution is -2.42. The summed E-state index contributed by atoms with van der Waals surface area (Å²) < 4.78 is 11.4. The van der Waals surface area contributed by atoms with E-state index in [-0.39, 0.29) is 11.5 Å². The number of piperidine rings is 1. The van der Waals surface area contributed by atoms with E-state index in [1.165, 1.54) is 17.4 Å². The van der Waals surface area contributed by atoms with Crippen LogP contribution < -0.4 is 4.90 Å². The Morgan fingerprint density at radius 3 is 2.75 bits per heavy atom. The topological polar surface area (TPSA) is 58.7 Å². The Balaban J connectivity index is 1.56. The molecule has 3 heterocycles. The first kappa shape index (κ1) is 11.8. The van der Waals surface area contributed by atoms with Crippen LogP contribution in [-0.4, -0.2) is 23.2 Å². The number of benzene rings is 1. The maximum atomic E-state index is 9.26. The van der Waals surface area contributed by atoms with E-state index < -0.39 is 0 Å². The molecule has 20 heavy (non-hydrogen) atoms. The molecule has 1 fully saturated rings. The van der Waals surface area contributed by atoms with E-state index in [1.54, 1.807) is 0 Å². The predicted molar refractivity (Wildman–Crippen MR) is 72.5 cm³/mol. The number of aromatic nitrogens is 1. The van der Waals surface area contributed by atoms with Gasteiger partial charge in [0.15, 0.2) is 6.26 Å². The quantitative estimate of drug-likeness (QED) is 0.864. The molecule has 4 rings (SSSR count). The van der Waals surface area contributed by atoms with Crippen LogP contribution in [0.5, 0.6) is 5.88 Å². The second-order valence-corrected chi connectivity index (χ2v) is 5.42. The third kappa shape index (κ3) is 1.70. The molecule has 5 heteroatoms. The first-order valence-electron chi connectivity index (χ1n) is 6.89. The third-order valence-electron chi connectivity index (χ3n) is 4.33. The molecule has 1 aromatic carbocycles. The molecule has 1 spiro atoms. The van der Waals surface area contributed by atoms with Gasteiger partial charge in [-0.25, -0.2) is 0 Å². The molecule has 1 N–H and O–H groups in total. The Morgan fingerprint density at radius 1 is 1.20 bits per heavy atom. The zero-order chi connectivity index (χ0) is 13.6. The van der Waals surface area contributed by atoms with Gasteiger partial charge in [0.2, 0.25) is 0 Å². The summed E-state index contributed by atoms with van der Waals surface area (Å²) in [5, 5.41) is 9.26. The number of aromatic hydroxyl groups is 1. The van der Waals surface area contributed by atoms with Crippen LogP contribution in [-0.2, 0) is 16.9 Å². The smallest absolute Gasteiger partial charge is 0.300 e. The number of hydrogen-bond donors (Lipinski definition) is 1. The van der Waals surface area contributed by atoms with Crippen molar-refractivity contribution in [2.24, 2.45) is 0 Å². The van der Waals surface area contributed by atoms with Gasteiger partial charge in [0.1, 0.15) is 0 Å². The summed E-state index contributed by atoms with van der Waals surface area (Å²) in [6.45, 7) is 2.33. The van der Waals surface area contributed by atoms with E-state index in [4.69, 9.17) is 9.15 Å². The van der Waals surface area contributed by atoms with Gasteiger partial charge in [0.25, 0.3) is 5.88 Å². The van der Waals surface area contributed by atoms with Crippen molar-refractivity contribution in [2.45, 2.75) is 25.0 Å². The Kier molecular flexibility index (Phi) is 2.50. The van der Waals surface area contributed by atoms with Crippen LogP contribution in [0.2, 0.25) is 0 Å². The van der Waals surface area contributed by atoms with Crippen molar-refractivity contribution in [1.82, 2.24) is 4.98 Å². The van der Waals surface area contributed by atoms with Gasteiger partial charge in [-0.15, -0.1) is 0 Å². The summed E-state index contributed by atoms with van der Waals surface area (Å²) in [7, 11) is 0. The fourth-order valence-corrected chi connectivity index (χ4v) is 3.26. The van der Waals surface area contributed by atoms with E-state index >= 15 is 0 Å². The van der Waals surface area contributed by atoms with Crippen LogP contribution in [0.4, 0.5) is 6.01 Å². The molecule has 1 saturated heterocycles. The lowest BCUT2D eigenvalue weighted by Gasteiger charge is -2.38. The molecule has 2 aliphatic rings. The lowest BCUT2D eigenvalue weighted by atomic mass is 9.84. The number of ether oxygens (including phenoxy) is 1. The van der Waals surface area contributed by atoms with Gasteiger partial charge in [-0.3, -0.25) is 0 Å². The molecule has 0 aliphatic carbocycles. The van der Waals surface area contributed by atoms with Gasteiger partial charge >= 0.3 is 6.01 Å². The van der Waals surface area contributed by atoms with Crippen LogP contribution in [0.25, 0.3) is 0 Å². The zero-order valence-electron chi connectivity index (χ0n) is 11.1. The maximum Gasteiger partial charge on any atom is 0.300 e. The normalized spacial score (nSPS) is 20.3. The van der Waals surface area contributed by atoms with Crippen molar-refractivity contribution in [3.05, 3.63) is 41.7 Å². The molecular formula is C15H16N2O3. The molecule has 0 radical (unpaired) electrons. The monoisotopic (exact) mass is 272 g/mol. The average Bonchev–Trinajstić information content (AvgIpc) is 3.06. The summed E-state index contributed by atoms with van der Waals surface area (Å²) in [6.07, 6.45) is 3.08. The highest BCUT2D eigenvalue weighted by molar-refractivity contribution is 5.38. The highest BCUT2D eigenvalue weighted by Gasteiger charge is 2.42. The van der Waals surface area contributed by atoms with E-state index in [9.17, 15) is 5.11 Å². The molecule has 0 atom stereocenters. The minimum Gasteiger partial charge on any atom is -0.491 e. The highest BCUT2D eigenvalue weighted by atomic mass is 16.5. The molecule has 104 valence electrons. The first-order chi connectivity index (χ1) is 9.77. The molecular weight excluding hydrogens is 256 g/mol. The van der Waals surface area contributed by atoms with Gasteiger partial charge < -0.3 is 19.2 Å². The predicted octanol–water partition coefficient (Wildman–Crippen LogP) is 2.41. The highest BCUT2D eigenvalue weighted by Crippen LogP contribution is 2.44. The third-order valence-corrected chi connectivity index (χ3v) is 4.33. The second-order valence-electron chi connectivity index (χ2n) is 5.42. The minimum atomic E-state index is -0.151. The molecule has 0 amide bonds. The molecule has 1 aromatic heterocycles. The second kappa shape index (κ2) is 4.24. The maximum absolute atomic E-state index is 9.26. The van der Waals surface area contributed by atoms with Crippen LogP contribution in [0.15, 0.2) is 34.9 Å². The van der Waals surface area contributed by atoms with Crippen molar-refractivity contribution in [1.29, 1.82) is 0 Å². The van der Waals surface area contributed by atoms with Gasteiger partial charge in [0.05, 0.1) is 12.2 Å². The summed E-state index contributed by atoms with van der Waals surface area (Å²) in [5.74, 6) is -0.0669. The molecule has 5 nitrogen and oxygen atoms in total. The van der Waals surface area contributed by atoms with Gasteiger partial charge in [-0.05, 0) is 24.0 Å². The average molecular weight is 272 g/mol. The first-order valence-corrected chi connectivity index (χ1v) is 6.89. The summed E-state index contributed by atoms with van der Waals surface area (Å²) in [6, 6.07) is 8.95.